The molecule has 0 saturated heterocycles. The summed E-state index contributed by atoms with van der Waals surface area (Å²) in [6.07, 6.45) is 5.27. The number of methoxy groups -OCH3 is 1. The fourth-order valence-electron chi connectivity index (χ4n) is 2.46. The van der Waals surface area contributed by atoms with E-state index in [-0.39, 0.29) is 6.04 Å². The second-order valence-corrected chi connectivity index (χ2v) is 5.24. The number of aryl methyl sites for hydroxylation is 1. The van der Waals surface area contributed by atoms with Gasteiger partial charge in [0.25, 0.3) is 0 Å². The maximum atomic E-state index is 6.09. The number of benzene rings is 1. The Kier molecular flexibility index (Phi) is 5.56. The molecule has 1 aromatic carbocycles. The number of nitrogens with zero attached hydrogens (tertiary/aromatic N) is 1. The third-order valence-electron chi connectivity index (χ3n) is 3.57. The number of aromatic nitrogens is 1. The van der Waals surface area contributed by atoms with Gasteiger partial charge in [-0.1, -0.05) is 18.5 Å². The number of nitrogens with two attached hydrogens (primary N) is 1. The second-order valence-electron chi connectivity index (χ2n) is 4.81. The molecule has 0 radical (unpaired) electrons. The van der Waals surface area contributed by atoms with Crippen molar-refractivity contribution >= 4 is 11.6 Å². The lowest BCUT2D eigenvalue weighted by Crippen LogP contribution is -2.30. The van der Waals surface area contributed by atoms with Crippen LogP contribution in [0.5, 0.6) is 5.75 Å². The maximum Gasteiger partial charge on any atom is 0.122 e. The molecule has 112 valence electrons. The minimum atomic E-state index is -0.0182. The first-order chi connectivity index (χ1) is 10.2. The summed E-state index contributed by atoms with van der Waals surface area (Å²) >= 11 is 6.09. The Balaban J connectivity index is 2.33. The summed E-state index contributed by atoms with van der Waals surface area (Å²) in [5, 5.41) is 0.687. The van der Waals surface area contributed by atoms with Crippen molar-refractivity contribution in [3.63, 3.8) is 0 Å². The topological polar surface area (TPSA) is 60.2 Å². The van der Waals surface area contributed by atoms with Gasteiger partial charge in [-0.15, -0.1) is 0 Å². The summed E-state index contributed by atoms with van der Waals surface area (Å²) in [6.45, 7) is 2.11. The molecule has 0 saturated carbocycles. The molecule has 3 N–H and O–H groups in total. The van der Waals surface area contributed by atoms with Gasteiger partial charge < -0.3 is 4.74 Å². The molecule has 2 rings (SSSR count). The lowest BCUT2D eigenvalue weighted by atomic mass is 9.95. The first-order valence-corrected chi connectivity index (χ1v) is 7.28. The van der Waals surface area contributed by atoms with Gasteiger partial charge in [0.2, 0.25) is 0 Å². The van der Waals surface area contributed by atoms with Crippen LogP contribution in [-0.4, -0.2) is 12.1 Å². The molecule has 1 unspecified atom stereocenters. The van der Waals surface area contributed by atoms with E-state index in [9.17, 15) is 0 Å². The molecule has 5 heteroatoms. The lowest BCUT2D eigenvalue weighted by Gasteiger charge is -2.20. The number of nitrogens with one attached hydrogen (secondary N) is 1. The van der Waals surface area contributed by atoms with Gasteiger partial charge in [0.15, 0.2) is 0 Å². The zero-order valence-electron chi connectivity index (χ0n) is 12.3. The molecule has 1 heterocycles. The summed E-state index contributed by atoms with van der Waals surface area (Å²) in [6, 6.07) is 7.59. The Bertz CT molecular complexity index is 604. The van der Waals surface area contributed by atoms with Crippen molar-refractivity contribution in [2.75, 3.05) is 7.11 Å². The van der Waals surface area contributed by atoms with E-state index in [4.69, 9.17) is 22.2 Å². The molecule has 4 nitrogen and oxygen atoms in total. The van der Waals surface area contributed by atoms with E-state index < -0.39 is 0 Å². The summed E-state index contributed by atoms with van der Waals surface area (Å²) in [7, 11) is 1.65. The number of hydrazine groups is 1. The third-order valence-corrected chi connectivity index (χ3v) is 3.80. The predicted octanol–water partition coefficient (Wildman–Crippen LogP) is 3.05. The van der Waals surface area contributed by atoms with Crippen molar-refractivity contribution in [3.8, 4) is 5.75 Å². The Labute approximate surface area is 130 Å². The van der Waals surface area contributed by atoms with Gasteiger partial charge in [0.05, 0.1) is 13.2 Å². The van der Waals surface area contributed by atoms with Gasteiger partial charge in [-0.25, -0.2) is 0 Å². The highest BCUT2D eigenvalue weighted by Gasteiger charge is 2.16. The van der Waals surface area contributed by atoms with Crippen LogP contribution in [0.3, 0.4) is 0 Å². The van der Waals surface area contributed by atoms with E-state index in [2.05, 4.69) is 17.3 Å². The summed E-state index contributed by atoms with van der Waals surface area (Å²) in [4.78, 5) is 4.17. The zero-order chi connectivity index (χ0) is 15.2. The summed E-state index contributed by atoms with van der Waals surface area (Å²) in [5.41, 5.74) is 6.24. The zero-order valence-corrected chi connectivity index (χ0v) is 13.0. The molecule has 0 aliphatic heterocycles. The Morgan fingerprint density at radius 3 is 2.81 bits per heavy atom. The molecule has 1 aromatic heterocycles. The fourth-order valence-corrected chi connectivity index (χ4v) is 2.65. The number of ether oxygens (including phenoxy) is 1. The van der Waals surface area contributed by atoms with Crippen molar-refractivity contribution < 1.29 is 4.74 Å². The molecular formula is C16H20ClN3O. The highest BCUT2D eigenvalue weighted by atomic mass is 35.5. The second kappa shape index (κ2) is 7.41. The highest BCUT2D eigenvalue weighted by molar-refractivity contribution is 6.30. The largest absolute Gasteiger partial charge is 0.496 e. The number of halogens is 1. The van der Waals surface area contributed by atoms with Crippen molar-refractivity contribution in [1.29, 1.82) is 0 Å². The van der Waals surface area contributed by atoms with Gasteiger partial charge in [-0.05, 0) is 53.8 Å². The Hall–Kier alpha value is -1.62. The van der Waals surface area contributed by atoms with Gasteiger partial charge >= 0.3 is 0 Å². The standard InChI is InChI=1S/C16H20ClN3O/c1-3-11-10-19-7-6-14(11)15(20-18)9-12-8-13(17)4-5-16(12)21-2/h4-8,10,15,20H,3,9,18H2,1-2H3. The fraction of sp³-hybridized carbons (Fsp3) is 0.312. The molecule has 2 aromatic rings. The van der Waals surface area contributed by atoms with Gasteiger partial charge in [0, 0.05) is 17.4 Å². The van der Waals surface area contributed by atoms with E-state index in [0.29, 0.717) is 11.4 Å². The molecule has 0 spiro atoms. The highest BCUT2D eigenvalue weighted by Crippen LogP contribution is 2.28. The van der Waals surface area contributed by atoms with Crippen LogP contribution in [0.15, 0.2) is 36.7 Å². The molecular weight excluding hydrogens is 286 g/mol. The van der Waals surface area contributed by atoms with Crippen LogP contribution in [0.25, 0.3) is 0 Å². The molecule has 21 heavy (non-hydrogen) atoms. The maximum absolute atomic E-state index is 6.09. The molecule has 0 fully saturated rings. The van der Waals surface area contributed by atoms with E-state index in [1.54, 1.807) is 13.3 Å². The summed E-state index contributed by atoms with van der Waals surface area (Å²) in [5.74, 6) is 6.57. The van der Waals surface area contributed by atoms with Gasteiger partial charge in [-0.3, -0.25) is 16.3 Å². The van der Waals surface area contributed by atoms with Gasteiger partial charge in [0.1, 0.15) is 5.75 Å². The number of hydrogen-bond donors (Lipinski definition) is 2. The first kappa shape index (κ1) is 15.8. The third kappa shape index (κ3) is 3.73. The summed E-state index contributed by atoms with van der Waals surface area (Å²) < 4.78 is 5.40. The number of hydrogen-bond acceptors (Lipinski definition) is 4. The van der Waals surface area contributed by atoms with Crippen molar-refractivity contribution in [3.05, 3.63) is 58.4 Å². The predicted molar refractivity (Wildman–Crippen MR) is 85.4 cm³/mol. The van der Waals surface area contributed by atoms with Crippen LogP contribution in [0.1, 0.15) is 29.7 Å². The van der Waals surface area contributed by atoms with E-state index in [0.717, 1.165) is 23.3 Å². The molecule has 1 atom stereocenters. The van der Waals surface area contributed by atoms with Crippen LogP contribution >= 0.6 is 11.6 Å². The van der Waals surface area contributed by atoms with E-state index in [1.807, 2.05) is 30.5 Å². The normalized spacial score (nSPS) is 12.2. The Morgan fingerprint density at radius 2 is 2.14 bits per heavy atom. The van der Waals surface area contributed by atoms with E-state index >= 15 is 0 Å². The minimum Gasteiger partial charge on any atom is -0.496 e. The quantitative estimate of drug-likeness (QED) is 0.636. The molecule has 0 aliphatic carbocycles. The van der Waals surface area contributed by atoms with Crippen LogP contribution in [0, 0.1) is 0 Å². The smallest absolute Gasteiger partial charge is 0.122 e. The van der Waals surface area contributed by atoms with E-state index in [1.165, 1.54) is 5.56 Å². The van der Waals surface area contributed by atoms with Crippen LogP contribution in [-0.2, 0) is 12.8 Å². The average molecular weight is 306 g/mol. The van der Waals surface area contributed by atoms with Crippen LogP contribution in [0.2, 0.25) is 5.02 Å². The van der Waals surface area contributed by atoms with Crippen molar-refractivity contribution in [2.45, 2.75) is 25.8 Å². The molecule has 0 bridgehead atoms. The number of rotatable bonds is 6. The lowest BCUT2D eigenvalue weighted by molar-refractivity contribution is 0.405. The van der Waals surface area contributed by atoms with Gasteiger partial charge in [-0.2, -0.15) is 0 Å². The average Bonchev–Trinajstić information content (AvgIpc) is 2.52. The monoisotopic (exact) mass is 305 g/mol. The van der Waals surface area contributed by atoms with Crippen LogP contribution in [0.4, 0.5) is 0 Å². The van der Waals surface area contributed by atoms with Crippen molar-refractivity contribution in [1.82, 2.24) is 10.4 Å². The molecule has 0 amide bonds. The van der Waals surface area contributed by atoms with Crippen molar-refractivity contribution in [2.24, 2.45) is 5.84 Å². The minimum absolute atomic E-state index is 0.0182. The van der Waals surface area contributed by atoms with Crippen LogP contribution < -0.4 is 16.0 Å². The molecule has 0 aliphatic rings. The number of pyridine rings is 1. The Morgan fingerprint density at radius 1 is 1.33 bits per heavy atom. The SMILES string of the molecule is CCc1cnccc1C(Cc1cc(Cl)ccc1OC)NN. The first-order valence-electron chi connectivity index (χ1n) is 6.90.